The molecule has 124 valence electrons. The van der Waals surface area contributed by atoms with E-state index in [1.165, 1.54) is 29.8 Å². The molecule has 2 aromatic carbocycles. The molecule has 1 N–H and O–H groups in total. The van der Waals surface area contributed by atoms with Crippen LogP contribution in [-0.4, -0.2) is 15.8 Å². The van der Waals surface area contributed by atoms with Gasteiger partial charge in [-0.3, -0.25) is 14.9 Å². The maximum atomic E-state index is 12.3. The molecule has 0 radical (unpaired) electrons. The second-order valence-corrected chi connectivity index (χ2v) is 6.25. The maximum absolute atomic E-state index is 12.3. The van der Waals surface area contributed by atoms with Crippen molar-refractivity contribution in [1.29, 1.82) is 0 Å². The van der Waals surface area contributed by atoms with Gasteiger partial charge in [0.05, 0.1) is 11.0 Å². The number of aliphatic hydroxyl groups excluding tert-OH is 1. The number of nitrogens with zero attached hydrogens (tertiary/aromatic N) is 1. The summed E-state index contributed by atoms with van der Waals surface area (Å²) in [6, 6.07) is 15.8. The van der Waals surface area contributed by atoms with Crippen molar-refractivity contribution in [3.8, 4) is 0 Å². The highest BCUT2D eigenvalue weighted by Gasteiger charge is 2.35. The monoisotopic (exact) mass is 325 g/mol. The number of aliphatic hydroxyl groups is 1. The van der Waals surface area contributed by atoms with Crippen LogP contribution in [-0.2, 0) is 4.79 Å². The zero-order valence-electron chi connectivity index (χ0n) is 13.2. The Bertz CT molecular complexity index is 727. The van der Waals surface area contributed by atoms with Crippen LogP contribution in [0.1, 0.15) is 42.4 Å². The van der Waals surface area contributed by atoms with Gasteiger partial charge in [-0.2, -0.15) is 0 Å². The molecule has 2 aromatic rings. The Labute approximate surface area is 140 Å². The number of non-ortho nitro benzene ring substituents is 1. The Balaban J connectivity index is 1.78. The number of nitro benzene ring substituents is 1. The van der Waals surface area contributed by atoms with Gasteiger partial charge >= 0.3 is 0 Å². The fourth-order valence-electron chi connectivity index (χ4n) is 3.42. The molecule has 0 amide bonds. The van der Waals surface area contributed by atoms with Crippen molar-refractivity contribution in [2.75, 3.05) is 0 Å². The third-order valence-electron chi connectivity index (χ3n) is 4.79. The smallest absolute Gasteiger partial charge is 0.269 e. The molecule has 0 heterocycles. The van der Waals surface area contributed by atoms with E-state index in [0.29, 0.717) is 18.4 Å². The molecule has 1 fully saturated rings. The summed E-state index contributed by atoms with van der Waals surface area (Å²) < 4.78 is 0. The summed E-state index contributed by atoms with van der Waals surface area (Å²) in [7, 11) is 0. The quantitative estimate of drug-likeness (QED) is 0.685. The lowest BCUT2D eigenvalue weighted by Gasteiger charge is -2.31. The summed E-state index contributed by atoms with van der Waals surface area (Å²) in [5.74, 6) is -0.153. The van der Waals surface area contributed by atoms with E-state index in [1.54, 1.807) is 0 Å². The third kappa shape index (κ3) is 3.36. The van der Waals surface area contributed by atoms with Crippen molar-refractivity contribution < 1.29 is 14.8 Å². The molecule has 3 atom stereocenters. The largest absolute Gasteiger partial charge is 0.388 e. The SMILES string of the molecule is O=C1CC[C@H](c2ccccc2)C[C@H]1[C@@H](O)c1ccc([N+](=O)[O-])cc1. The van der Waals surface area contributed by atoms with Gasteiger partial charge in [0.15, 0.2) is 0 Å². The minimum atomic E-state index is -0.926. The summed E-state index contributed by atoms with van der Waals surface area (Å²) in [5.41, 5.74) is 1.71. The van der Waals surface area contributed by atoms with Crippen molar-refractivity contribution in [1.82, 2.24) is 0 Å². The number of benzene rings is 2. The number of rotatable bonds is 4. The Morgan fingerprint density at radius 3 is 2.38 bits per heavy atom. The number of hydrogen-bond donors (Lipinski definition) is 1. The molecular weight excluding hydrogens is 306 g/mol. The van der Waals surface area contributed by atoms with Gasteiger partial charge in [0.1, 0.15) is 5.78 Å². The zero-order valence-corrected chi connectivity index (χ0v) is 13.2. The molecule has 5 heteroatoms. The van der Waals surface area contributed by atoms with E-state index in [9.17, 15) is 20.0 Å². The van der Waals surface area contributed by atoms with Crippen LogP contribution in [0.25, 0.3) is 0 Å². The second kappa shape index (κ2) is 6.93. The number of Topliss-reactive ketones (excluding diaryl/α,β-unsaturated/α-hetero) is 1. The Morgan fingerprint density at radius 2 is 1.75 bits per heavy atom. The molecule has 0 bridgehead atoms. The predicted octanol–water partition coefficient (Wildman–Crippen LogP) is 3.78. The fourth-order valence-corrected chi connectivity index (χ4v) is 3.42. The third-order valence-corrected chi connectivity index (χ3v) is 4.79. The predicted molar refractivity (Wildman–Crippen MR) is 89.6 cm³/mol. The highest BCUT2D eigenvalue weighted by molar-refractivity contribution is 5.82. The first-order valence-electron chi connectivity index (χ1n) is 8.06. The number of ketones is 1. The lowest BCUT2D eigenvalue weighted by Crippen LogP contribution is -2.29. The van der Waals surface area contributed by atoms with E-state index in [-0.39, 0.29) is 17.4 Å². The Kier molecular flexibility index (Phi) is 4.71. The van der Waals surface area contributed by atoms with E-state index < -0.39 is 16.9 Å². The zero-order chi connectivity index (χ0) is 17.1. The maximum Gasteiger partial charge on any atom is 0.269 e. The first-order chi connectivity index (χ1) is 11.6. The van der Waals surface area contributed by atoms with Gasteiger partial charge in [-0.1, -0.05) is 30.3 Å². The van der Waals surface area contributed by atoms with Crippen LogP contribution in [0.2, 0.25) is 0 Å². The van der Waals surface area contributed by atoms with Gasteiger partial charge in [0.2, 0.25) is 0 Å². The molecular formula is C19H19NO4. The minimum absolute atomic E-state index is 0.0249. The minimum Gasteiger partial charge on any atom is -0.388 e. The summed E-state index contributed by atoms with van der Waals surface area (Å²) in [4.78, 5) is 22.5. The first kappa shape index (κ1) is 16.3. The van der Waals surface area contributed by atoms with Gasteiger partial charge < -0.3 is 5.11 Å². The number of carbonyl (C=O) groups excluding carboxylic acids is 1. The standard InChI is InChI=1S/C19H19NO4/c21-18-11-8-15(13-4-2-1-3-5-13)12-17(18)19(22)14-6-9-16(10-7-14)20(23)24/h1-7,9-10,15,17,19,22H,8,11-12H2/t15-,17+,19-/m0/s1. The van der Waals surface area contributed by atoms with Crippen LogP contribution in [0, 0.1) is 16.0 Å². The summed E-state index contributed by atoms with van der Waals surface area (Å²) in [6.45, 7) is 0. The van der Waals surface area contributed by atoms with E-state index in [0.717, 1.165) is 6.42 Å². The second-order valence-electron chi connectivity index (χ2n) is 6.25. The van der Waals surface area contributed by atoms with Gasteiger partial charge in [-0.05, 0) is 42.0 Å². The van der Waals surface area contributed by atoms with E-state index in [2.05, 4.69) is 12.1 Å². The van der Waals surface area contributed by atoms with Gasteiger partial charge in [-0.25, -0.2) is 0 Å². The average molecular weight is 325 g/mol. The number of hydrogen-bond acceptors (Lipinski definition) is 4. The molecule has 1 saturated carbocycles. The van der Waals surface area contributed by atoms with E-state index in [1.807, 2.05) is 18.2 Å². The normalized spacial score (nSPS) is 22.1. The first-order valence-corrected chi connectivity index (χ1v) is 8.06. The summed E-state index contributed by atoms with van der Waals surface area (Å²) in [5, 5.41) is 21.3. The summed E-state index contributed by atoms with van der Waals surface area (Å²) in [6.07, 6.45) is 0.923. The van der Waals surface area contributed by atoms with E-state index >= 15 is 0 Å². The van der Waals surface area contributed by atoms with Gasteiger partial charge in [0.25, 0.3) is 5.69 Å². The van der Waals surface area contributed by atoms with E-state index in [4.69, 9.17) is 0 Å². The lowest BCUT2D eigenvalue weighted by molar-refractivity contribution is -0.384. The molecule has 1 aliphatic carbocycles. The van der Waals surface area contributed by atoms with Crippen molar-refractivity contribution in [3.63, 3.8) is 0 Å². The Morgan fingerprint density at radius 1 is 1.08 bits per heavy atom. The van der Waals surface area contributed by atoms with Crippen LogP contribution in [0.4, 0.5) is 5.69 Å². The van der Waals surface area contributed by atoms with Crippen molar-refractivity contribution in [3.05, 3.63) is 75.8 Å². The molecule has 0 aromatic heterocycles. The van der Waals surface area contributed by atoms with Crippen molar-refractivity contribution in [2.45, 2.75) is 31.3 Å². The van der Waals surface area contributed by atoms with Crippen molar-refractivity contribution >= 4 is 11.5 Å². The van der Waals surface area contributed by atoms with Crippen LogP contribution in [0.3, 0.4) is 0 Å². The van der Waals surface area contributed by atoms with Crippen LogP contribution in [0.5, 0.6) is 0 Å². The molecule has 0 spiro atoms. The van der Waals surface area contributed by atoms with Crippen LogP contribution >= 0.6 is 0 Å². The molecule has 0 unspecified atom stereocenters. The van der Waals surface area contributed by atoms with Gasteiger partial charge in [-0.15, -0.1) is 0 Å². The Hall–Kier alpha value is -2.53. The molecule has 24 heavy (non-hydrogen) atoms. The number of nitro groups is 1. The highest BCUT2D eigenvalue weighted by Crippen LogP contribution is 2.40. The molecule has 5 nitrogen and oxygen atoms in total. The molecule has 1 aliphatic rings. The highest BCUT2D eigenvalue weighted by atomic mass is 16.6. The van der Waals surface area contributed by atoms with Gasteiger partial charge in [0, 0.05) is 24.5 Å². The van der Waals surface area contributed by atoms with Crippen LogP contribution < -0.4 is 0 Å². The number of carbonyl (C=O) groups is 1. The fraction of sp³-hybridized carbons (Fsp3) is 0.316. The summed E-state index contributed by atoms with van der Waals surface area (Å²) >= 11 is 0. The molecule has 0 saturated heterocycles. The van der Waals surface area contributed by atoms with Crippen LogP contribution in [0.15, 0.2) is 54.6 Å². The molecule has 0 aliphatic heterocycles. The lowest BCUT2D eigenvalue weighted by atomic mass is 9.74. The topological polar surface area (TPSA) is 80.4 Å². The average Bonchev–Trinajstić information content (AvgIpc) is 2.62. The molecule has 3 rings (SSSR count). The van der Waals surface area contributed by atoms with Crippen molar-refractivity contribution in [2.24, 2.45) is 5.92 Å².